The summed E-state index contributed by atoms with van der Waals surface area (Å²) in [6.07, 6.45) is -5.16. The summed E-state index contributed by atoms with van der Waals surface area (Å²) in [5.74, 6) is -7.50. The van der Waals surface area contributed by atoms with Crippen LogP contribution in [-0.4, -0.2) is 115 Å². The molecule has 246 valence electrons. The van der Waals surface area contributed by atoms with Crippen molar-refractivity contribution in [2.24, 2.45) is 0 Å². The van der Waals surface area contributed by atoms with E-state index in [-0.39, 0.29) is 6.10 Å². The Morgan fingerprint density at radius 3 is 1.73 bits per heavy atom. The third-order valence-electron chi connectivity index (χ3n) is 5.36. The molecule has 2 aromatic rings. The lowest BCUT2D eigenvalue weighted by Gasteiger charge is -2.37. The Hall–Kier alpha value is -4.27. The number of aliphatic carboxylic acids is 3. The van der Waals surface area contributed by atoms with Gasteiger partial charge < -0.3 is 20.1 Å². The summed E-state index contributed by atoms with van der Waals surface area (Å²) in [6, 6.07) is 4.73. The van der Waals surface area contributed by atoms with Crippen molar-refractivity contribution in [3.05, 3.63) is 48.8 Å². The van der Waals surface area contributed by atoms with E-state index in [4.69, 9.17) is 34.4 Å². The average Bonchev–Trinajstić information content (AvgIpc) is 3.31. The summed E-state index contributed by atoms with van der Waals surface area (Å²) in [6.45, 7) is 5.29. The van der Waals surface area contributed by atoms with Crippen LogP contribution in [0.5, 0.6) is 5.75 Å². The van der Waals surface area contributed by atoms with Gasteiger partial charge in [-0.05, 0) is 11.6 Å². The molecule has 0 unspecified atom stereocenters. The van der Waals surface area contributed by atoms with E-state index < -0.39 is 36.4 Å². The van der Waals surface area contributed by atoms with Gasteiger partial charge in [0.1, 0.15) is 12.4 Å². The van der Waals surface area contributed by atoms with Gasteiger partial charge in [0.05, 0.1) is 12.4 Å². The van der Waals surface area contributed by atoms with Crippen molar-refractivity contribution in [3.8, 4) is 5.75 Å². The number of carbonyl (C=O) groups is 3. The molecule has 0 amide bonds. The largest absolute Gasteiger partial charge is 0.490 e. The van der Waals surface area contributed by atoms with Crippen LogP contribution < -0.4 is 4.74 Å². The molecule has 0 aliphatic carbocycles. The van der Waals surface area contributed by atoms with E-state index in [1.54, 1.807) is 12.4 Å². The smallest absolute Gasteiger partial charge is 0.486 e. The Balaban J connectivity index is 0.000000379. The molecule has 21 heteroatoms. The van der Waals surface area contributed by atoms with Gasteiger partial charge in [0.25, 0.3) is 0 Å². The number of nitrogens with zero attached hydrogens (tertiary/aromatic N) is 5. The van der Waals surface area contributed by atoms with Crippen molar-refractivity contribution in [1.82, 2.24) is 24.8 Å². The number of rotatable bonds is 4. The zero-order valence-corrected chi connectivity index (χ0v) is 22.1. The minimum absolute atomic E-state index is 0.240. The minimum atomic E-state index is -5.08. The first-order valence-electron chi connectivity index (χ1n) is 11.9. The van der Waals surface area contributed by atoms with E-state index in [0.717, 1.165) is 44.9 Å². The number of hydrogen-bond acceptors (Lipinski definition) is 9. The van der Waals surface area contributed by atoms with Crippen LogP contribution in [0.1, 0.15) is 12.0 Å². The second kappa shape index (κ2) is 16.5. The fourth-order valence-electron chi connectivity index (χ4n) is 3.58. The zero-order valence-electron chi connectivity index (χ0n) is 22.1. The molecule has 0 aromatic carbocycles. The number of halogens is 9. The normalized spacial score (nSPS) is 18.6. The number of piperazine rings is 1. The van der Waals surface area contributed by atoms with Crippen LogP contribution in [-0.2, 0) is 20.9 Å². The summed E-state index contributed by atoms with van der Waals surface area (Å²) in [5, 5.41) is 21.4. The fourth-order valence-corrected chi connectivity index (χ4v) is 3.58. The van der Waals surface area contributed by atoms with Crippen LogP contribution in [0.4, 0.5) is 39.5 Å². The Morgan fingerprint density at radius 2 is 1.30 bits per heavy atom. The fraction of sp³-hybridized carbons (Fsp3) is 0.478. The Labute approximate surface area is 241 Å². The Kier molecular flexibility index (Phi) is 14.2. The van der Waals surface area contributed by atoms with E-state index in [9.17, 15) is 39.5 Å². The van der Waals surface area contributed by atoms with Crippen molar-refractivity contribution in [1.29, 1.82) is 0 Å². The number of aromatic nitrogens is 3. The van der Waals surface area contributed by atoms with E-state index in [2.05, 4.69) is 30.8 Å². The maximum Gasteiger partial charge on any atom is 0.490 e. The van der Waals surface area contributed by atoms with Gasteiger partial charge in [0.15, 0.2) is 5.75 Å². The van der Waals surface area contributed by atoms with Crippen LogP contribution in [0.25, 0.3) is 0 Å². The molecule has 0 saturated carbocycles. The van der Waals surface area contributed by atoms with Crippen LogP contribution in [0, 0.1) is 0 Å². The van der Waals surface area contributed by atoms with Crippen LogP contribution >= 0.6 is 0 Å². The first kappa shape index (κ1) is 37.8. The molecule has 2 aromatic heterocycles. The molecule has 2 saturated heterocycles. The lowest BCUT2D eigenvalue weighted by Crippen LogP contribution is -2.49. The molecule has 44 heavy (non-hydrogen) atoms. The molecule has 4 heterocycles. The van der Waals surface area contributed by atoms with Crippen molar-refractivity contribution in [2.75, 3.05) is 26.2 Å². The Morgan fingerprint density at radius 1 is 0.795 bits per heavy atom. The van der Waals surface area contributed by atoms with Gasteiger partial charge in [-0.15, -0.1) is 0 Å². The van der Waals surface area contributed by atoms with Gasteiger partial charge in [0.2, 0.25) is 0 Å². The third-order valence-corrected chi connectivity index (χ3v) is 5.36. The minimum Gasteiger partial charge on any atom is -0.486 e. The van der Waals surface area contributed by atoms with Crippen LogP contribution in [0.3, 0.4) is 0 Å². The number of carboxylic acids is 3. The molecular weight excluding hydrogens is 629 g/mol. The monoisotopic (exact) mass is 653 g/mol. The highest BCUT2D eigenvalue weighted by atomic mass is 19.4. The van der Waals surface area contributed by atoms with E-state index >= 15 is 0 Å². The SMILES string of the molecule is O=C(O)C(F)(F)F.O=C(O)C(F)(F)F.O=C(O)C(F)(F)F.c1cncc(CN2CCN3C[C@H](Oc4cncnc4)C[C@H]3C2)c1. The molecule has 2 aliphatic heterocycles. The second-order valence-electron chi connectivity index (χ2n) is 8.70. The molecule has 0 spiro atoms. The van der Waals surface area contributed by atoms with E-state index in [1.807, 2.05) is 18.5 Å². The highest BCUT2D eigenvalue weighted by Gasteiger charge is 2.40. The van der Waals surface area contributed by atoms with Gasteiger partial charge in [0, 0.05) is 57.6 Å². The Bertz CT molecular complexity index is 1090. The van der Waals surface area contributed by atoms with E-state index in [0.29, 0.717) is 6.04 Å². The molecule has 3 N–H and O–H groups in total. The van der Waals surface area contributed by atoms with E-state index in [1.165, 1.54) is 11.9 Å². The molecule has 4 rings (SSSR count). The maximum atomic E-state index is 10.6. The van der Waals surface area contributed by atoms with Crippen LogP contribution in [0.2, 0.25) is 0 Å². The first-order valence-corrected chi connectivity index (χ1v) is 11.9. The van der Waals surface area contributed by atoms with Gasteiger partial charge >= 0.3 is 36.4 Å². The molecule has 2 atom stereocenters. The lowest BCUT2D eigenvalue weighted by atomic mass is 10.1. The van der Waals surface area contributed by atoms with Crippen molar-refractivity contribution in [2.45, 2.75) is 43.6 Å². The van der Waals surface area contributed by atoms with Crippen LogP contribution in [0.15, 0.2) is 43.2 Å². The lowest BCUT2D eigenvalue weighted by molar-refractivity contribution is -0.193. The van der Waals surface area contributed by atoms with Crippen molar-refractivity contribution < 1.29 is 74.0 Å². The quantitative estimate of drug-likeness (QED) is 0.414. The highest BCUT2D eigenvalue weighted by molar-refractivity contribution is 5.73. The number of hydrogen-bond donors (Lipinski definition) is 3. The zero-order chi connectivity index (χ0) is 33.7. The second-order valence-corrected chi connectivity index (χ2v) is 8.70. The number of alkyl halides is 9. The number of fused-ring (bicyclic) bond motifs is 1. The summed E-state index contributed by atoms with van der Waals surface area (Å²) in [5.41, 5.74) is 1.29. The maximum absolute atomic E-state index is 10.6. The van der Waals surface area contributed by atoms with Gasteiger partial charge in [-0.3, -0.25) is 14.8 Å². The third kappa shape index (κ3) is 14.8. The van der Waals surface area contributed by atoms with Gasteiger partial charge in [-0.25, -0.2) is 24.4 Å². The number of ether oxygens (including phenoxy) is 1. The standard InChI is InChI=1S/C17H21N5O.3C2HF3O2/c1-2-14(7-18-3-1)10-21-4-5-22-12-16(6-15(22)11-21)23-17-8-19-13-20-9-17;3*3-2(4,5)1(6)7/h1-3,7-9,13,15-16H,4-6,10-12H2;3*(H,6,7)/t15-,16+;;;/m0.../s1. The first-order chi connectivity index (χ1) is 20.2. The van der Waals surface area contributed by atoms with Gasteiger partial charge in [-0.1, -0.05) is 6.07 Å². The predicted octanol–water partition coefficient (Wildman–Crippen LogP) is 3.11. The summed E-state index contributed by atoms with van der Waals surface area (Å²) < 4.78 is 101. The molecular formula is C23H24F9N5O7. The predicted molar refractivity (Wildman–Crippen MR) is 127 cm³/mol. The molecule has 2 aliphatic rings. The van der Waals surface area contributed by atoms with Crippen molar-refractivity contribution in [3.63, 3.8) is 0 Å². The molecule has 0 bridgehead atoms. The summed E-state index contributed by atoms with van der Waals surface area (Å²) in [7, 11) is 0. The average molecular weight is 653 g/mol. The van der Waals surface area contributed by atoms with Crippen molar-refractivity contribution >= 4 is 17.9 Å². The summed E-state index contributed by atoms with van der Waals surface area (Å²) in [4.78, 5) is 44.0. The van der Waals surface area contributed by atoms with Gasteiger partial charge in [-0.2, -0.15) is 39.5 Å². The summed E-state index contributed by atoms with van der Waals surface area (Å²) >= 11 is 0. The number of pyridine rings is 1. The molecule has 0 radical (unpaired) electrons. The highest BCUT2D eigenvalue weighted by Crippen LogP contribution is 2.26. The topological polar surface area (TPSA) is 166 Å². The number of carboxylic acid groups (broad SMARTS) is 3. The molecule has 2 fully saturated rings. The molecule has 12 nitrogen and oxygen atoms in total.